The molecule has 9 nitrogen and oxygen atoms in total. The second kappa shape index (κ2) is 9.27. The molecule has 1 aromatic rings. The first-order chi connectivity index (χ1) is 13.7. The number of hydrogen-bond acceptors (Lipinski definition) is 8. The summed E-state index contributed by atoms with van der Waals surface area (Å²) in [4.78, 5) is 31.9. The summed E-state index contributed by atoms with van der Waals surface area (Å²) in [6.07, 6.45) is 0.699. The van der Waals surface area contributed by atoms with Gasteiger partial charge in [0.05, 0.1) is 6.54 Å². The van der Waals surface area contributed by atoms with Gasteiger partial charge in [0.2, 0.25) is 0 Å². The summed E-state index contributed by atoms with van der Waals surface area (Å²) in [6, 6.07) is -0.0853. The van der Waals surface area contributed by atoms with Crippen LogP contribution in [-0.4, -0.2) is 82.4 Å². The molecule has 10 heteroatoms. The molecule has 0 aliphatic carbocycles. The second-order valence-electron chi connectivity index (χ2n) is 8.54. The average molecular weight is 426 g/mol. The van der Waals surface area contributed by atoms with Crippen molar-refractivity contribution >= 4 is 29.2 Å². The van der Waals surface area contributed by atoms with Crippen LogP contribution in [0, 0.1) is 0 Å². The molecular formula is C19H31N5O4S. The predicted molar refractivity (Wildman–Crippen MR) is 111 cm³/mol. The summed E-state index contributed by atoms with van der Waals surface area (Å²) in [5, 5.41) is 18.7. The first kappa shape index (κ1) is 21.8. The van der Waals surface area contributed by atoms with Crippen LogP contribution in [0.25, 0.3) is 0 Å². The number of ether oxygens (including phenoxy) is 1. The Kier molecular flexibility index (Phi) is 6.97. The fourth-order valence-corrected chi connectivity index (χ4v) is 4.35. The minimum atomic E-state index is -0.852. The van der Waals surface area contributed by atoms with Gasteiger partial charge in [-0.1, -0.05) is 0 Å². The molecule has 1 aromatic heterocycles. The number of piperidine rings is 1. The molecule has 0 saturated carbocycles. The number of carboxylic acid groups (broad SMARTS) is 1. The van der Waals surface area contributed by atoms with Crippen LogP contribution in [-0.2, 0) is 16.1 Å². The van der Waals surface area contributed by atoms with E-state index < -0.39 is 11.7 Å². The van der Waals surface area contributed by atoms with Gasteiger partial charge in [0.1, 0.15) is 22.5 Å². The maximum absolute atomic E-state index is 12.6. The fourth-order valence-electron chi connectivity index (χ4n) is 3.59. The first-order valence-electron chi connectivity index (χ1n) is 10.1. The molecular weight excluding hydrogens is 394 g/mol. The van der Waals surface area contributed by atoms with Crippen molar-refractivity contribution in [2.45, 2.75) is 57.8 Å². The number of nitrogens with one attached hydrogen (secondary N) is 2. The molecule has 2 aliphatic rings. The molecule has 2 fully saturated rings. The van der Waals surface area contributed by atoms with Crippen LogP contribution in [0.5, 0.6) is 0 Å². The summed E-state index contributed by atoms with van der Waals surface area (Å²) >= 11 is 1.57. The van der Waals surface area contributed by atoms with Gasteiger partial charge in [0, 0.05) is 44.1 Å². The summed E-state index contributed by atoms with van der Waals surface area (Å²) < 4.78 is 5.58. The van der Waals surface area contributed by atoms with Gasteiger partial charge < -0.3 is 25.4 Å². The van der Waals surface area contributed by atoms with E-state index in [1.807, 2.05) is 26.2 Å². The van der Waals surface area contributed by atoms with Gasteiger partial charge in [-0.05, 0) is 33.6 Å². The molecule has 2 aliphatic heterocycles. The van der Waals surface area contributed by atoms with E-state index in [4.69, 9.17) is 9.84 Å². The summed E-state index contributed by atoms with van der Waals surface area (Å²) in [7, 11) is 0. The SMILES string of the molecule is CC(C)(C)OC(=O)C1CNCCN1Cc1nc(NC2CCN(C(=O)O)CC2)cs1. The van der Waals surface area contributed by atoms with Crippen molar-refractivity contribution in [3.05, 3.63) is 10.4 Å². The molecule has 0 aromatic carbocycles. The largest absolute Gasteiger partial charge is 0.465 e. The highest BCUT2D eigenvalue weighted by Crippen LogP contribution is 2.22. The Bertz CT molecular complexity index is 712. The highest BCUT2D eigenvalue weighted by atomic mass is 32.1. The van der Waals surface area contributed by atoms with E-state index in [1.165, 1.54) is 4.90 Å². The Balaban J connectivity index is 1.54. The monoisotopic (exact) mass is 425 g/mol. The van der Waals surface area contributed by atoms with Crippen molar-refractivity contribution in [1.29, 1.82) is 0 Å². The molecule has 1 atom stereocenters. The number of carbonyl (C=O) groups excluding carboxylic acids is 1. The Hall–Kier alpha value is -1.91. The van der Waals surface area contributed by atoms with Crippen LogP contribution < -0.4 is 10.6 Å². The number of esters is 1. The van der Waals surface area contributed by atoms with Crippen molar-refractivity contribution in [1.82, 2.24) is 20.1 Å². The number of anilines is 1. The Labute approximate surface area is 175 Å². The molecule has 3 rings (SSSR count). The first-order valence-corrected chi connectivity index (χ1v) is 11.0. The molecule has 2 saturated heterocycles. The van der Waals surface area contributed by atoms with Crippen molar-refractivity contribution < 1.29 is 19.4 Å². The molecule has 162 valence electrons. The number of aromatic nitrogens is 1. The van der Waals surface area contributed by atoms with Gasteiger partial charge in [-0.25, -0.2) is 9.78 Å². The average Bonchev–Trinajstić information content (AvgIpc) is 3.08. The summed E-state index contributed by atoms with van der Waals surface area (Å²) in [5.41, 5.74) is -0.505. The van der Waals surface area contributed by atoms with Gasteiger partial charge in [-0.3, -0.25) is 9.69 Å². The van der Waals surface area contributed by atoms with Crippen molar-refractivity contribution in [3.63, 3.8) is 0 Å². The van der Waals surface area contributed by atoms with Crippen LogP contribution in [0.3, 0.4) is 0 Å². The van der Waals surface area contributed by atoms with Crippen molar-refractivity contribution in [3.8, 4) is 0 Å². The zero-order valence-corrected chi connectivity index (χ0v) is 18.1. The van der Waals surface area contributed by atoms with E-state index in [0.29, 0.717) is 26.2 Å². The van der Waals surface area contributed by atoms with Crippen LogP contribution in [0.15, 0.2) is 5.38 Å². The van der Waals surface area contributed by atoms with E-state index in [0.717, 1.165) is 36.8 Å². The molecule has 1 unspecified atom stereocenters. The molecule has 0 spiro atoms. The second-order valence-corrected chi connectivity index (χ2v) is 9.48. The van der Waals surface area contributed by atoms with E-state index in [9.17, 15) is 9.59 Å². The molecule has 29 heavy (non-hydrogen) atoms. The minimum absolute atomic E-state index is 0.204. The van der Waals surface area contributed by atoms with Crippen LogP contribution >= 0.6 is 11.3 Å². The van der Waals surface area contributed by atoms with Gasteiger partial charge in [-0.2, -0.15) is 0 Å². The van der Waals surface area contributed by atoms with E-state index in [-0.39, 0.29) is 18.1 Å². The Morgan fingerprint density at radius 3 is 2.72 bits per heavy atom. The molecule has 1 amide bonds. The number of carbonyl (C=O) groups is 2. The normalized spacial score (nSPS) is 21.8. The van der Waals surface area contributed by atoms with Crippen molar-refractivity contribution in [2.75, 3.05) is 38.0 Å². The third-order valence-electron chi connectivity index (χ3n) is 5.04. The minimum Gasteiger partial charge on any atom is -0.465 e. The Morgan fingerprint density at radius 1 is 1.34 bits per heavy atom. The highest BCUT2D eigenvalue weighted by Gasteiger charge is 2.33. The summed E-state index contributed by atoms with van der Waals surface area (Å²) in [6.45, 7) is 9.51. The fraction of sp³-hybridized carbons (Fsp3) is 0.737. The van der Waals surface area contributed by atoms with Gasteiger partial charge >= 0.3 is 12.1 Å². The molecule has 3 heterocycles. The quantitative estimate of drug-likeness (QED) is 0.613. The maximum Gasteiger partial charge on any atom is 0.407 e. The number of hydrogen-bond donors (Lipinski definition) is 3. The van der Waals surface area contributed by atoms with Crippen LogP contribution in [0.4, 0.5) is 10.6 Å². The zero-order chi connectivity index (χ0) is 21.0. The number of likely N-dealkylation sites (tertiary alicyclic amines) is 1. The lowest BCUT2D eigenvalue weighted by Crippen LogP contribution is -2.55. The van der Waals surface area contributed by atoms with E-state index in [1.54, 1.807) is 11.3 Å². The lowest BCUT2D eigenvalue weighted by molar-refractivity contribution is -0.162. The van der Waals surface area contributed by atoms with Crippen LogP contribution in [0.1, 0.15) is 38.6 Å². The zero-order valence-electron chi connectivity index (χ0n) is 17.3. The standard InChI is InChI=1S/C19H31N5O4S/c1-19(2,3)28-17(25)14-10-20-6-9-24(14)11-16-22-15(12-29-16)21-13-4-7-23(8-5-13)18(26)27/h12-14,20-21H,4-11H2,1-3H3,(H,26,27). The number of amides is 1. The number of piperazine rings is 1. The smallest absolute Gasteiger partial charge is 0.407 e. The van der Waals surface area contributed by atoms with E-state index in [2.05, 4.69) is 20.5 Å². The lowest BCUT2D eigenvalue weighted by Gasteiger charge is -2.35. The third kappa shape index (κ3) is 6.28. The van der Waals surface area contributed by atoms with Gasteiger partial charge in [0.15, 0.2) is 0 Å². The van der Waals surface area contributed by atoms with Crippen molar-refractivity contribution in [2.24, 2.45) is 0 Å². The summed E-state index contributed by atoms with van der Waals surface area (Å²) in [5.74, 6) is 0.618. The number of nitrogens with zero attached hydrogens (tertiary/aromatic N) is 3. The van der Waals surface area contributed by atoms with Gasteiger partial charge in [0.25, 0.3) is 0 Å². The maximum atomic E-state index is 12.6. The van der Waals surface area contributed by atoms with E-state index >= 15 is 0 Å². The third-order valence-corrected chi connectivity index (χ3v) is 5.87. The highest BCUT2D eigenvalue weighted by molar-refractivity contribution is 7.10. The number of thiazole rings is 1. The topological polar surface area (TPSA) is 107 Å². The molecule has 0 radical (unpaired) electrons. The lowest BCUT2D eigenvalue weighted by atomic mass is 10.1. The van der Waals surface area contributed by atoms with Crippen LogP contribution in [0.2, 0.25) is 0 Å². The molecule has 3 N–H and O–H groups in total. The molecule has 0 bridgehead atoms. The predicted octanol–water partition coefficient (Wildman–Crippen LogP) is 1.81. The Morgan fingerprint density at radius 2 is 2.07 bits per heavy atom. The van der Waals surface area contributed by atoms with Gasteiger partial charge in [-0.15, -0.1) is 11.3 Å². The number of rotatable bonds is 5.